The van der Waals surface area contributed by atoms with Crippen molar-refractivity contribution in [1.29, 1.82) is 0 Å². The van der Waals surface area contributed by atoms with Gasteiger partial charge in [-0.1, -0.05) is 30.3 Å². The fraction of sp³-hybridized carbons (Fsp3) is 0.136. The van der Waals surface area contributed by atoms with E-state index < -0.39 is 0 Å². The first-order chi connectivity index (χ1) is 12.9. The van der Waals surface area contributed by atoms with Gasteiger partial charge < -0.3 is 10.6 Å². The van der Waals surface area contributed by atoms with Crippen molar-refractivity contribution < 1.29 is 9.59 Å². The number of Topliss-reactive ketones (excluding diaryl/α,β-unsaturated/α-hetero) is 1. The van der Waals surface area contributed by atoms with Gasteiger partial charge in [-0.25, -0.2) is 4.98 Å². The predicted octanol–water partition coefficient (Wildman–Crippen LogP) is 4.90. The fourth-order valence-electron chi connectivity index (χ4n) is 2.76. The summed E-state index contributed by atoms with van der Waals surface area (Å²) in [4.78, 5) is 28.2. The number of aryl methyl sites for hydroxylation is 2. The Balaban J connectivity index is 1.72. The highest BCUT2D eigenvalue weighted by atomic mass is 16.1. The van der Waals surface area contributed by atoms with E-state index in [2.05, 4.69) is 15.6 Å². The molecule has 5 nitrogen and oxygen atoms in total. The second-order valence-corrected chi connectivity index (χ2v) is 6.42. The summed E-state index contributed by atoms with van der Waals surface area (Å²) in [7, 11) is 0. The molecular formula is C22H21N3O2. The number of anilines is 3. The number of aromatic nitrogens is 1. The van der Waals surface area contributed by atoms with Crippen LogP contribution < -0.4 is 10.6 Å². The van der Waals surface area contributed by atoms with Gasteiger partial charge in [-0.3, -0.25) is 9.59 Å². The van der Waals surface area contributed by atoms with E-state index in [9.17, 15) is 9.59 Å². The number of hydrogen-bond acceptors (Lipinski definition) is 4. The number of benzene rings is 2. The maximum absolute atomic E-state index is 12.4. The zero-order valence-electron chi connectivity index (χ0n) is 15.5. The standard InChI is InChI=1S/C22H21N3O2/c1-14-6-4-7-15(2)21(14)25-20-11-10-18(13-23-20)22(27)24-19-9-5-8-17(12-19)16(3)26/h4-13H,1-3H3,(H,23,25)(H,24,27). The lowest BCUT2D eigenvalue weighted by Crippen LogP contribution is -2.12. The van der Waals surface area contributed by atoms with E-state index in [4.69, 9.17) is 0 Å². The number of pyridine rings is 1. The molecule has 3 rings (SSSR count). The molecule has 0 radical (unpaired) electrons. The minimum Gasteiger partial charge on any atom is -0.340 e. The summed E-state index contributed by atoms with van der Waals surface area (Å²) in [6.07, 6.45) is 1.53. The highest BCUT2D eigenvalue weighted by Crippen LogP contribution is 2.23. The van der Waals surface area contributed by atoms with E-state index in [1.54, 1.807) is 36.4 Å². The largest absolute Gasteiger partial charge is 0.340 e. The summed E-state index contributed by atoms with van der Waals surface area (Å²) in [5.74, 6) is 0.346. The third-order valence-electron chi connectivity index (χ3n) is 4.29. The van der Waals surface area contributed by atoms with Crippen molar-refractivity contribution in [1.82, 2.24) is 4.98 Å². The molecule has 0 atom stereocenters. The Morgan fingerprint density at radius 2 is 1.59 bits per heavy atom. The Morgan fingerprint density at radius 1 is 0.889 bits per heavy atom. The van der Waals surface area contributed by atoms with Gasteiger partial charge in [-0.15, -0.1) is 0 Å². The summed E-state index contributed by atoms with van der Waals surface area (Å²) in [5.41, 5.74) is 4.84. The van der Waals surface area contributed by atoms with Crippen molar-refractivity contribution in [3.05, 3.63) is 83.0 Å². The molecule has 0 aliphatic rings. The lowest BCUT2D eigenvalue weighted by atomic mass is 10.1. The van der Waals surface area contributed by atoms with Gasteiger partial charge >= 0.3 is 0 Å². The van der Waals surface area contributed by atoms with Crippen molar-refractivity contribution in [2.75, 3.05) is 10.6 Å². The molecule has 2 aromatic carbocycles. The summed E-state index contributed by atoms with van der Waals surface area (Å²) in [6.45, 7) is 5.56. The number of amides is 1. The first kappa shape index (κ1) is 18.3. The smallest absolute Gasteiger partial charge is 0.257 e. The topological polar surface area (TPSA) is 71.1 Å². The number of hydrogen-bond donors (Lipinski definition) is 2. The highest BCUT2D eigenvalue weighted by molar-refractivity contribution is 6.05. The van der Waals surface area contributed by atoms with E-state index >= 15 is 0 Å². The monoisotopic (exact) mass is 359 g/mol. The van der Waals surface area contributed by atoms with Crippen LogP contribution in [0.3, 0.4) is 0 Å². The molecule has 1 aromatic heterocycles. The summed E-state index contributed by atoms with van der Waals surface area (Å²) in [6, 6.07) is 16.4. The van der Waals surface area contributed by atoms with E-state index in [1.165, 1.54) is 13.1 Å². The molecule has 0 fully saturated rings. The van der Waals surface area contributed by atoms with E-state index in [0.717, 1.165) is 16.8 Å². The molecule has 0 spiro atoms. The number of rotatable bonds is 5. The van der Waals surface area contributed by atoms with Gasteiger partial charge in [0.15, 0.2) is 5.78 Å². The van der Waals surface area contributed by atoms with Crippen LogP contribution in [0.5, 0.6) is 0 Å². The van der Waals surface area contributed by atoms with Crippen molar-refractivity contribution in [2.45, 2.75) is 20.8 Å². The van der Waals surface area contributed by atoms with Crippen molar-refractivity contribution in [3.8, 4) is 0 Å². The first-order valence-corrected chi connectivity index (χ1v) is 8.65. The van der Waals surface area contributed by atoms with E-state index in [0.29, 0.717) is 22.6 Å². The van der Waals surface area contributed by atoms with E-state index in [1.807, 2.05) is 32.0 Å². The third-order valence-corrected chi connectivity index (χ3v) is 4.29. The molecule has 0 aliphatic carbocycles. The molecule has 27 heavy (non-hydrogen) atoms. The Morgan fingerprint density at radius 3 is 2.22 bits per heavy atom. The minimum absolute atomic E-state index is 0.0466. The summed E-state index contributed by atoms with van der Waals surface area (Å²) >= 11 is 0. The Hall–Kier alpha value is -3.47. The Labute approximate surface area is 158 Å². The third kappa shape index (κ3) is 4.39. The summed E-state index contributed by atoms with van der Waals surface area (Å²) < 4.78 is 0. The normalized spacial score (nSPS) is 10.3. The van der Waals surface area contributed by atoms with Crippen molar-refractivity contribution in [3.63, 3.8) is 0 Å². The van der Waals surface area contributed by atoms with Gasteiger partial charge in [0.05, 0.1) is 5.56 Å². The van der Waals surface area contributed by atoms with Crippen LogP contribution >= 0.6 is 0 Å². The molecule has 5 heteroatoms. The van der Waals surface area contributed by atoms with Gasteiger partial charge in [-0.2, -0.15) is 0 Å². The van der Waals surface area contributed by atoms with Gasteiger partial charge in [0.2, 0.25) is 0 Å². The molecule has 0 bridgehead atoms. The van der Waals surface area contributed by atoms with Crippen LogP contribution in [0, 0.1) is 13.8 Å². The molecule has 0 unspecified atom stereocenters. The zero-order chi connectivity index (χ0) is 19.4. The maximum atomic E-state index is 12.4. The molecule has 3 aromatic rings. The predicted molar refractivity (Wildman–Crippen MR) is 108 cm³/mol. The molecule has 1 heterocycles. The number of carbonyl (C=O) groups excluding carboxylic acids is 2. The quantitative estimate of drug-likeness (QED) is 0.636. The minimum atomic E-state index is -0.276. The average Bonchev–Trinajstić information content (AvgIpc) is 2.65. The second-order valence-electron chi connectivity index (χ2n) is 6.42. The van der Waals surface area contributed by atoms with E-state index in [-0.39, 0.29) is 11.7 Å². The van der Waals surface area contributed by atoms with Gasteiger partial charge in [0.1, 0.15) is 5.82 Å². The Bertz CT molecular complexity index is 974. The van der Waals surface area contributed by atoms with Crippen LogP contribution in [0.15, 0.2) is 60.8 Å². The van der Waals surface area contributed by atoms with Gasteiger partial charge in [-0.05, 0) is 56.2 Å². The SMILES string of the molecule is CC(=O)c1cccc(NC(=O)c2ccc(Nc3c(C)cccc3C)nc2)c1. The summed E-state index contributed by atoms with van der Waals surface area (Å²) in [5, 5.41) is 6.09. The lowest BCUT2D eigenvalue weighted by Gasteiger charge is -2.12. The van der Waals surface area contributed by atoms with Crippen LogP contribution in [-0.4, -0.2) is 16.7 Å². The Kier molecular flexibility index (Phi) is 5.31. The molecular weight excluding hydrogens is 338 g/mol. The number of carbonyl (C=O) groups is 2. The highest BCUT2D eigenvalue weighted by Gasteiger charge is 2.09. The van der Waals surface area contributed by atoms with Crippen LogP contribution in [-0.2, 0) is 0 Å². The number of ketones is 1. The molecule has 0 saturated carbocycles. The molecule has 1 amide bonds. The molecule has 0 aliphatic heterocycles. The average molecular weight is 359 g/mol. The maximum Gasteiger partial charge on any atom is 0.257 e. The van der Waals surface area contributed by atoms with Gasteiger partial charge in [0, 0.05) is 23.1 Å². The fourth-order valence-corrected chi connectivity index (χ4v) is 2.76. The van der Waals surface area contributed by atoms with Crippen LogP contribution in [0.1, 0.15) is 38.8 Å². The zero-order valence-corrected chi connectivity index (χ0v) is 15.5. The number of nitrogens with zero attached hydrogens (tertiary/aromatic N) is 1. The lowest BCUT2D eigenvalue weighted by molar-refractivity contribution is 0.101. The van der Waals surface area contributed by atoms with Crippen LogP contribution in [0.25, 0.3) is 0 Å². The van der Waals surface area contributed by atoms with Crippen molar-refractivity contribution in [2.24, 2.45) is 0 Å². The molecule has 0 saturated heterocycles. The molecule has 136 valence electrons. The molecule has 2 N–H and O–H groups in total. The van der Waals surface area contributed by atoms with Gasteiger partial charge in [0.25, 0.3) is 5.91 Å². The van der Waals surface area contributed by atoms with Crippen LogP contribution in [0.4, 0.5) is 17.2 Å². The number of nitrogens with one attached hydrogen (secondary N) is 2. The number of para-hydroxylation sites is 1. The van der Waals surface area contributed by atoms with Crippen LogP contribution in [0.2, 0.25) is 0 Å². The second kappa shape index (κ2) is 7.83. The first-order valence-electron chi connectivity index (χ1n) is 8.65. The van der Waals surface area contributed by atoms with Crippen molar-refractivity contribution >= 4 is 28.9 Å².